The number of fused-ring (bicyclic) bond motifs is 1. The first-order valence-corrected chi connectivity index (χ1v) is 7.02. The molecule has 0 aliphatic carbocycles. The fraction of sp³-hybridized carbons (Fsp3) is 0.400. The van der Waals surface area contributed by atoms with Gasteiger partial charge in [0.05, 0.1) is 17.2 Å². The molecule has 22 heavy (non-hydrogen) atoms. The van der Waals surface area contributed by atoms with Gasteiger partial charge in [-0.2, -0.15) is 0 Å². The predicted octanol–water partition coefficient (Wildman–Crippen LogP) is -2.82. The maximum Gasteiger partial charge on any atom is 1.00 e. The van der Waals surface area contributed by atoms with Gasteiger partial charge >= 0.3 is 29.6 Å². The van der Waals surface area contributed by atoms with Crippen molar-refractivity contribution in [2.24, 2.45) is 0 Å². The fourth-order valence-corrected chi connectivity index (χ4v) is 2.99. The number of aromatic carboxylic acids is 1. The first kappa shape index (κ1) is 17.1. The molecule has 1 saturated heterocycles. The van der Waals surface area contributed by atoms with E-state index in [1.807, 2.05) is 0 Å². The summed E-state index contributed by atoms with van der Waals surface area (Å²) < 4.78 is 0. The van der Waals surface area contributed by atoms with Gasteiger partial charge in [-0.15, -0.1) is 0 Å². The summed E-state index contributed by atoms with van der Waals surface area (Å²) in [5.74, 6) is -1.23. The van der Waals surface area contributed by atoms with Crippen LogP contribution < -0.4 is 44.9 Å². The molecule has 3 rings (SSSR count). The van der Waals surface area contributed by atoms with Gasteiger partial charge in [-0.25, -0.2) is 0 Å². The maximum atomic E-state index is 11.2. The SMILES string of the molecule is C[C@@H]1CN(c2ccc(C(=O)[O-])c3nccnc23)C[C@H](C)N1.[Na+]. The number of carboxylic acid groups (broad SMARTS) is 1. The molecule has 7 heteroatoms. The van der Waals surface area contributed by atoms with Crippen LogP contribution in [0.1, 0.15) is 24.2 Å². The molecule has 1 aliphatic rings. The summed E-state index contributed by atoms with van der Waals surface area (Å²) in [6.07, 6.45) is 3.08. The average molecular weight is 308 g/mol. The summed E-state index contributed by atoms with van der Waals surface area (Å²) >= 11 is 0. The van der Waals surface area contributed by atoms with Crippen molar-refractivity contribution < 1.29 is 39.5 Å². The number of hydrogen-bond acceptors (Lipinski definition) is 6. The topological polar surface area (TPSA) is 81.2 Å². The number of nitrogens with zero attached hydrogens (tertiary/aromatic N) is 3. The van der Waals surface area contributed by atoms with E-state index in [1.165, 1.54) is 6.20 Å². The molecule has 1 aromatic carbocycles. The summed E-state index contributed by atoms with van der Waals surface area (Å²) in [5.41, 5.74) is 2.00. The third-order valence-corrected chi connectivity index (χ3v) is 3.72. The third kappa shape index (κ3) is 3.25. The Morgan fingerprint density at radius 2 is 1.77 bits per heavy atom. The Balaban J connectivity index is 0.00000176. The Morgan fingerprint density at radius 3 is 2.36 bits per heavy atom. The van der Waals surface area contributed by atoms with Crippen LogP contribution in [-0.4, -0.2) is 41.1 Å². The van der Waals surface area contributed by atoms with Gasteiger partial charge in [0, 0.05) is 43.1 Å². The first-order chi connectivity index (χ1) is 10.1. The number of rotatable bonds is 2. The van der Waals surface area contributed by atoms with E-state index >= 15 is 0 Å². The summed E-state index contributed by atoms with van der Waals surface area (Å²) in [6.45, 7) is 5.96. The molecule has 1 aromatic heterocycles. The van der Waals surface area contributed by atoms with Crippen LogP contribution in [0.25, 0.3) is 11.0 Å². The molecule has 0 unspecified atom stereocenters. The molecule has 0 spiro atoms. The monoisotopic (exact) mass is 308 g/mol. The van der Waals surface area contributed by atoms with E-state index in [0.29, 0.717) is 23.1 Å². The molecule has 0 bridgehead atoms. The van der Waals surface area contributed by atoms with E-state index in [0.717, 1.165) is 18.8 Å². The smallest absolute Gasteiger partial charge is 0.545 e. The van der Waals surface area contributed by atoms with Crippen LogP contribution in [0.3, 0.4) is 0 Å². The number of aromatic nitrogens is 2. The average Bonchev–Trinajstić information content (AvgIpc) is 2.44. The minimum atomic E-state index is -1.23. The van der Waals surface area contributed by atoms with E-state index in [-0.39, 0.29) is 35.1 Å². The second-order valence-electron chi connectivity index (χ2n) is 5.55. The van der Waals surface area contributed by atoms with Crippen LogP contribution >= 0.6 is 0 Å². The third-order valence-electron chi connectivity index (χ3n) is 3.72. The van der Waals surface area contributed by atoms with E-state index in [4.69, 9.17) is 0 Å². The van der Waals surface area contributed by atoms with Crippen molar-refractivity contribution in [3.8, 4) is 0 Å². The Kier molecular flexibility index (Phi) is 5.39. The van der Waals surface area contributed by atoms with Gasteiger partial charge in [-0.05, 0) is 26.0 Å². The summed E-state index contributed by atoms with van der Waals surface area (Å²) in [5, 5.41) is 14.7. The van der Waals surface area contributed by atoms with Crippen molar-refractivity contribution in [2.45, 2.75) is 25.9 Å². The minimum absolute atomic E-state index is 0. The predicted molar refractivity (Wildman–Crippen MR) is 78.1 cm³/mol. The molecule has 2 aromatic rings. The van der Waals surface area contributed by atoms with Gasteiger partial charge in [0.25, 0.3) is 0 Å². The molecule has 2 heterocycles. The van der Waals surface area contributed by atoms with Crippen molar-refractivity contribution in [2.75, 3.05) is 18.0 Å². The Morgan fingerprint density at radius 1 is 1.18 bits per heavy atom. The molecule has 0 amide bonds. The van der Waals surface area contributed by atoms with Gasteiger partial charge in [-0.3, -0.25) is 9.97 Å². The van der Waals surface area contributed by atoms with Crippen molar-refractivity contribution in [3.63, 3.8) is 0 Å². The van der Waals surface area contributed by atoms with Crippen LogP contribution in [0.4, 0.5) is 5.69 Å². The second-order valence-corrected chi connectivity index (χ2v) is 5.55. The Hall–Kier alpha value is -1.21. The van der Waals surface area contributed by atoms with Gasteiger partial charge < -0.3 is 20.1 Å². The first-order valence-electron chi connectivity index (χ1n) is 7.02. The van der Waals surface area contributed by atoms with Crippen molar-refractivity contribution in [1.82, 2.24) is 15.3 Å². The Labute approximate surface area is 151 Å². The number of carbonyl (C=O) groups is 1. The van der Waals surface area contributed by atoms with Crippen LogP contribution in [-0.2, 0) is 0 Å². The molecular formula is C15H17N4NaO2. The summed E-state index contributed by atoms with van der Waals surface area (Å²) in [4.78, 5) is 21.9. The number of piperazine rings is 1. The molecule has 2 atom stereocenters. The largest absolute Gasteiger partial charge is 1.00 e. The van der Waals surface area contributed by atoms with Gasteiger partial charge in [0.15, 0.2) is 0 Å². The molecule has 1 fully saturated rings. The standard InChI is InChI=1S/C15H18N4O2.Na/c1-9-7-19(8-10(2)18-9)12-4-3-11(15(20)21)13-14(12)17-6-5-16-13;/h3-6,9-10,18H,7-8H2,1-2H3,(H,20,21);/q;+1/p-1/t9-,10+;. The molecule has 0 saturated carbocycles. The van der Waals surface area contributed by atoms with Crippen molar-refractivity contribution in [1.29, 1.82) is 0 Å². The maximum absolute atomic E-state index is 11.2. The van der Waals surface area contributed by atoms with Gasteiger partial charge in [0.1, 0.15) is 5.52 Å². The normalized spacial score (nSPS) is 21.5. The summed E-state index contributed by atoms with van der Waals surface area (Å²) in [6, 6.07) is 4.08. The second kappa shape index (κ2) is 6.91. The number of nitrogens with one attached hydrogen (secondary N) is 1. The van der Waals surface area contributed by atoms with E-state index in [9.17, 15) is 9.90 Å². The van der Waals surface area contributed by atoms with Gasteiger partial charge in [0.2, 0.25) is 0 Å². The van der Waals surface area contributed by atoms with E-state index in [2.05, 4.69) is 34.0 Å². The molecule has 1 N–H and O–H groups in total. The van der Waals surface area contributed by atoms with Crippen molar-refractivity contribution >= 4 is 22.7 Å². The van der Waals surface area contributed by atoms with Crippen LogP contribution in [0.15, 0.2) is 24.5 Å². The number of carboxylic acids is 1. The zero-order valence-corrected chi connectivity index (χ0v) is 15.0. The van der Waals surface area contributed by atoms with Crippen molar-refractivity contribution in [3.05, 3.63) is 30.1 Å². The van der Waals surface area contributed by atoms with Gasteiger partial charge in [-0.1, -0.05) is 0 Å². The van der Waals surface area contributed by atoms with Crippen LogP contribution in [0, 0.1) is 0 Å². The van der Waals surface area contributed by atoms with E-state index in [1.54, 1.807) is 18.3 Å². The molecular weight excluding hydrogens is 291 g/mol. The molecule has 110 valence electrons. The molecule has 1 aliphatic heterocycles. The number of benzene rings is 1. The summed E-state index contributed by atoms with van der Waals surface area (Å²) in [7, 11) is 0. The zero-order valence-electron chi connectivity index (χ0n) is 13.0. The minimum Gasteiger partial charge on any atom is -0.545 e. The number of carbonyl (C=O) groups excluding carboxylic acids is 1. The number of anilines is 1. The number of hydrogen-bond donors (Lipinski definition) is 1. The molecule has 0 radical (unpaired) electrons. The Bertz CT molecular complexity index is 684. The zero-order chi connectivity index (χ0) is 15.0. The fourth-order valence-electron chi connectivity index (χ4n) is 2.99. The van der Waals surface area contributed by atoms with Crippen LogP contribution in [0.5, 0.6) is 0 Å². The molecule has 6 nitrogen and oxygen atoms in total. The van der Waals surface area contributed by atoms with Crippen LogP contribution in [0.2, 0.25) is 0 Å². The van der Waals surface area contributed by atoms with E-state index < -0.39 is 5.97 Å². The quantitative estimate of drug-likeness (QED) is 0.603.